The second kappa shape index (κ2) is 7.91. The van der Waals surface area contributed by atoms with Gasteiger partial charge in [0.1, 0.15) is 0 Å². The molecule has 0 spiro atoms. The Bertz CT molecular complexity index is 948. The average molecular weight is 388 g/mol. The van der Waals surface area contributed by atoms with E-state index in [9.17, 15) is 28.0 Å². The lowest BCUT2D eigenvalue weighted by molar-refractivity contribution is -0.605. The second-order valence-corrected chi connectivity index (χ2v) is 5.73. The number of hydrogen-bond acceptors (Lipinski definition) is 2. The van der Waals surface area contributed by atoms with E-state index in [-0.39, 0.29) is 0 Å². The van der Waals surface area contributed by atoms with E-state index in [1.54, 1.807) is 0 Å². The minimum absolute atomic E-state index is 0.412. The van der Waals surface area contributed by atoms with Crippen molar-refractivity contribution in [2.45, 2.75) is 0 Å². The molecule has 0 atom stereocenters. The van der Waals surface area contributed by atoms with Gasteiger partial charge in [-0.2, -0.15) is 9.46 Å². The van der Waals surface area contributed by atoms with Crippen LogP contribution in [0, 0.1) is 33.7 Å². The zero-order chi connectivity index (χ0) is 20.3. The van der Waals surface area contributed by atoms with Gasteiger partial charge in [-0.15, -0.1) is 0 Å². The fourth-order valence-electron chi connectivity index (χ4n) is 2.39. The summed E-state index contributed by atoms with van der Waals surface area (Å²) < 4.78 is 58.2. The van der Waals surface area contributed by atoms with Gasteiger partial charge in [0.15, 0.2) is 48.1 Å². The van der Waals surface area contributed by atoms with E-state index in [0.717, 1.165) is 12.2 Å². The third-order valence-electron chi connectivity index (χ3n) is 3.87. The number of aromatic nitrogens is 2. The quantitative estimate of drug-likeness (QED) is 0.295. The Hall–Kier alpha value is -3.68. The van der Waals surface area contributed by atoms with Crippen molar-refractivity contribution in [3.63, 3.8) is 0 Å². The minimum atomic E-state index is -1.55. The maximum Gasteiger partial charge on any atom is 0.180 e. The Labute approximate surface area is 157 Å². The van der Waals surface area contributed by atoms with Crippen LogP contribution in [0.5, 0.6) is 0 Å². The number of rotatable bonds is 4. The fourth-order valence-corrected chi connectivity index (χ4v) is 2.39. The molecule has 8 heteroatoms. The van der Waals surface area contributed by atoms with Crippen LogP contribution in [0.15, 0.2) is 49.1 Å². The molecule has 4 nitrogen and oxygen atoms in total. The molecule has 1 aromatic carbocycles. The van der Waals surface area contributed by atoms with Crippen molar-refractivity contribution < 1.29 is 27.0 Å². The van der Waals surface area contributed by atoms with Crippen LogP contribution in [0.4, 0.5) is 17.6 Å². The van der Waals surface area contributed by atoms with Crippen LogP contribution in [-0.4, -0.2) is 0 Å². The van der Waals surface area contributed by atoms with Gasteiger partial charge in [0, 0.05) is 24.3 Å². The first kappa shape index (κ1) is 19.1. The summed E-state index contributed by atoms with van der Waals surface area (Å²) in [6.45, 7) is 0. The Kier molecular flexibility index (Phi) is 5.39. The maximum absolute atomic E-state index is 14.3. The van der Waals surface area contributed by atoms with Crippen LogP contribution in [0.2, 0.25) is 0 Å². The zero-order valence-corrected chi connectivity index (χ0v) is 14.2. The third-order valence-corrected chi connectivity index (χ3v) is 3.87. The molecule has 28 heavy (non-hydrogen) atoms. The first-order chi connectivity index (χ1) is 13.4. The van der Waals surface area contributed by atoms with Crippen LogP contribution >= 0.6 is 0 Å². The molecule has 2 heterocycles. The maximum atomic E-state index is 14.3. The summed E-state index contributed by atoms with van der Waals surface area (Å²) in [5.41, 5.74) is -0.929. The van der Waals surface area contributed by atoms with E-state index in [1.807, 2.05) is 0 Å². The fraction of sp³-hybridized carbons (Fsp3) is 0. The molecule has 0 amide bonds. The lowest BCUT2D eigenvalue weighted by Crippen LogP contribution is -2.23. The Morgan fingerprint density at radius 2 is 0.821 bits per heavy atom. The first-order valence-corrected chi connectivity index (χ1v) is 7.96. The van der Waals surface area contributed by atoms with Gasteiger partial charge in [-0.1, -0.05) is 12.2 Å². The van der Waals surface area contributed by atoms with E-state index in [2.05, 4.69) is 0 Å². The molecule has 0 saturated heterocycles. The summed E-state index contributed by atoms with van der Waals surface area (Å²) >= 11 is 0. The van der Waals surface area contributed by atoms with Gasteiger partial charge in [0.25, 0.3) is 0 Å². The molecule has 0 aliphatic rings. The highest BCUT2D eigenvalue weighted by molar-refractivity contribution is 5.74. The van der Waals surface area contributed by atoms with Gasteiger partial charge < -0.3 is 10.4 Å². The summed E-state index contributed by atoms with van der Waals surface area (Å²) in [5, 5.41) is 21.9. The highest BCUT2D eigenvalue weighted by Gasteiger charge is 2.22. The van der Waals surface area contributed by atoms with Crippen molar-refractivity contribution >= 4 is 24.3 Å². The SMILES string of the molecule is [O-][n+]1ccc(/C=C/c2c(F)c(F)c(/C=C/c3cc[n+]([O-])cc3)c(F)c2F)cc1. The molecule has 0 bridgehead atoms. The van der Waals surface area contributed by atoms with Gasteiger partial charge >= 0.3 is 0 Å². The van der Waals surface area contributed by atoms with Crippen molar-refractivity contribution in [1.82, 2.24) is 0 Å². The predicted molar refractivity (Wildman–Crippen MR) is 94.9 cm³/mol. The Balaban J connectivity index is 1.96. The number of pyridine rings is 2. The van der Waals surface area contributed by atoms with E-state index in [4.69, 9.17) is 0 Å². The number of hydrogen-bond donors (Lipinski definition) is 0. The predicted octanol–water partition coefficient (Wildman–Crippen LogP) is 3.85. The van der Waals surface area contributed by atoms with Crippen LogP contribution < -0.4 is 9.46 Å². The summed E-state index contributed by atoms with van der Waals surface area (Å²) in [4.78, 5) is 0. The largest absolute Gasteiger partial charge is 0.619 e. The zero-order valence-electron chi connectivity index (χ0n) is 14.2. The molecule has 0 aliphatic carbocycles. The normalized spacial score (nSPS) is 11.6. The van der Waals surface area contributed by atoms with Crippen LogP contribution in [0.1, 0.15) is 22.3 Å². The highest BCUT2D eigenvalue weighted by atomic mass is 19.2. The average Bonchev–Trinajstić information content (AvgIpc) is 2.69. The van der Waals surface area contributed by atoms with E-state index in [1.165, 1.54) is 61.2 Å². The highest BCUT2D eigenvalue weighted by Crippen LogP contribution is 2.27. The molecule has 0 radical (unpaired) electrons. The van der Waals surface area contributed by atoms with Crippen molar-refractivity contribution in [2.24, 2.45) is 0 Å². The lowest BCUT2D eigenvalue weighted by atomic mass is 10.1. The Morgan fingerprint density at radius 3 is 1.11 bits per heavy atom. The van der Waals surface area contributed by atoms with Crippen molar-refractivity contribution in [2.75, 3.05) is 0 Å². The summed E-state index contributed by atoms with van der Waals surface area (Å²) in [6.07, 6.45) is 8.88. The van der Waals surface area contributed by atoms with E-state index >= 15 is 0 Å². The van der Waals surface area contributed by atoms with Gasteiger partial charge in [-0.25, -0.2) is 17.6 Å². The van der Waals surface area contributed by atoms with Crippen LogP contribution in [0.25, 0.3) is 24.3 Å². The van der Waals surface area contributed by atoms with Crippen molar-refractivity contribution in [3.8, 4) is 0 Å². The molecule has 0 N–H and O–H groups in total. The number of nitrogens with zero attached hydrogens (tertiary/aromatic N) is 2. The Morgan fingerprint density at radius 1 is 0.536 bits per heavy atom. The molecule has 0 fully saturated rings. The van der Waals surface area contributed by atoms with E-state index < -0.39 is 34.4 Å². The van der Waals surface area contributed by atoms with Gasteiger partial charge in [0.2, 0.25) is 0 Å². The molecule has 3 aromatic rings. The molecule has 142 valence electrons. The molecular weight excluding hydrogens is 376 g/mol. The minimum Gasteiger partial charge on any atom is -0.619 e. The number of benzene rings is 1. The van der Waals surface area contributed by atoms with E-state index in [0.29, 0.717) is 20.6 Å². The summed E-state index contributed by atoms with van der Waals surface area (Å²) in [5.74, 6) is -6.18. The molecule has 2 aromatic heterocycles. The first-order valence-electron chi connectivity index (χ1n) is 7.96. The number of halogens is 4. The molecule has 0 aliphatic heterocycles. The van der Waals surface area contributed by atoms with Crippen molar-refractivity contribution in [1.29, 1.82) is 0 Å². The molecule has 0 saturated carbocycles. The third kappa shape index (κ3) is 4.01. The van der Waals surface area contributed by atoms with Gasteiger partial charge in [0.05, 0.1) is 11.1 Å². The van der Waals surface area contributed by atoms with Crippen molar-refractivity contribution in [3.05, 3.63) is 105 Å². The van der Waals surface area contributed by atoms with Gasteiger partial charge in [-0.3, -0.25) is 0 Å². The summed E-state index contributed by atoms with van der Waals surface area (Å²) in [7, 11) is 0. The molecular formula is C20H12F4N2O2. The second-order valence-electron chi connectivity index (χ2n) is 5.73. The summed E-state index contributed by atoms with van der Waals surface area (Å²) in [6, 6.07) is 5.48. The van der Waals surface area contributed by atoms with Crippen LogP contribution in [0.3, 0.4) is 0 Å². The standard InChI is InChI=1S/C20H12F4N2O2/c21-17-15(3-1-13-5-9-25(27)10-6-13)18(22)20(24)16(19(17)23)4-2-14-7-11-26(28)12-8-14/h1-12H/b3-1+,4-2+. The smallest absolute Gasteiger partial charge is 0.180 e. The molecule has 3 rings (SSSR count). The topological polar surface area (TPSA) is 53.9 Å². The monoisotopic (exact) mass is 388 g/mol. The lowest BCUT2D eigenvalue weighted by Gasteiger charge is -2.07. The van der Waals surface area contributed by atoms with Crippen LogP contribution in [-0.2, 0) is 0 Å². The van der Waals surface area contributed by atoms with Gasteiger partial charge in [-0.05, 0) is 23.3 Å². The molecule has 0 unspecified atom stereocenters.